The molecule has 1 aliphatic heterocycles. The third-order valence-corrected chi connectivity index (χ3v) is 5.83. The Bertz CT molecular complexity index is 894. The molecule has 2 fully saturated rings. The predicted molar refractivity (Wildman–Crippen MR) is 113 cm³/mol. The van der Waals surface area contributed by atoms with Crippen LogP contribution in [0.4, 0.5) is 0 Å². The molecule has 0 bridgehead atoms. The zero-order valence-corrected chi connectivity index (χ0v) is 17.7. The molecule has 1 aromatic carbocycles. The molecule has 1 aliphatic carbocycles. The van der Waals surface area contributed by atoms with E-state index in [9.17, 15) is 9.90 Å². The summed E-state index contributed by atoms with van der Waals surface area (Å²) < 4.78 is 11.5. The number of halogens is 1. The van der Waals surface area contributed by atoms with Crippen molar-refractivity contribution in [3.63, 3.8) is 0 Å². The summed E-state index contributed by atoms with van der Waals surface area (Å²) in [6, 6.07) is 7.12. The van der Waals surface area contributed by atoms with Crippen molar-refractivity contribution in [3.8, 4) is 17.1 Å². The minimum Gasteiger partial charge on any atom is -0.473 e. The highest BCUT2D eigenvalue weighted by Gasteiger charge is 2.40. The van der Waals surface area contributed by atoms with Gasteiger partial charge in [0.05, 0.1) is 17.9 Å². The summed E-state index contributed by atoms with van der Waals surface area (Å²) >= 11 is 6.01. The zero-order chi connectivity index (χ0) is 21.1. The Balaban J connectivity index is 1.53. The van der Waals surface area contributed by atoms with Gasteiger partial charge in [0.15, 0.2) is 0 Å². The lowest BCUT2D eigenvalue weighted by Gasteiger charge is -2.23. The average Bonchev–Trinajstić information content (AvgIpc) is 3.49. The summed E-state index contributed by atoms with van der Waals surface area (Å²) in [6.45, 7) is 3.04. The second kappa shape index (κ2) is 8.88. The molecule has 1 amide bonds. The number of nitrogens with zero attached hydrogens (tertiary/aromatic N) is 2. The Morgan fingerprint density at radius 3 is 2.77 bits per heavy atom. The molecule has 4 rings (SSSR count). The Morgan fingerprint density at radius 2 is 2.10 bits per heavy atom. The van der Waals surface area contributed by atoms with Crippen molar-refractivity contribution in [1.82, 2.24) is 15.3 Å². The summed E-state index contributed by atoms with van der Waals surface area (Å²) in [5, 5.41) is 13.8. The van der Waals surface area contributed by atoms with Crippen LogP contribution in [0.5, 0.6) is 5.88 Å². The van der Waals surface area contributed by atoms with E-state index in [1.807, 2.05) is 12.1 Å². The number of aromatic nitrogens is 2. The lowest BCUT2D eigenvalue weighted by Crippen LogP contribution is -2.42. The molecule has 2 atom stereocenters. The maximum absolute atomic E-state index is 12.6. The molecule has 0 unspecified atom stereocenters. The molecule has 2 N–H and O–H groups in total. The lowest BCUT2D eigenvalue weighted by atomic mass is 10.0. The standard InChI is InChI=1S/C22H26ClN3O4/c1-22(28,15-6-7-15)13-25-20(27)18-11-24-21(30-12-17-3-2-10-29-17)19(26-18)14-4-8-16(23)9-5-14/h4-5,8-9,11,15,17,28H,2-3,6-7,10,12-13H2,1H3,(H,25,27)/t17-,22+/m1/s1. The number of ether oxygens (including phenoxy) is 2. The molecule has 2 aromatic rings. The van der Waals surface area contributed by atoms with Gasteiger partial charge in [-0.2, -0.15) is 0 Å². The molecule has 30 heavy (non-hydrogen) atoms. The van der Waals surface area contributed by atoms with Gasteiger partial charge in [0.25, 0.3) is 5.91 Å². The molecule has 1 aromatic heterocycles. The number of amides is 1. The van der Waals surface area contributed by atoms with Gasteiger partial charge in [-0.25, -0.2) is 9.97 Å². The van der Waals surface area contributed by atoms with Crippen LogP contribution in [0, 0.1) is 5.92 Å². The molecular formula is C22H26ClN3O4. The van der Waals surface area contributed by atoms with Crippen molar-refractivity contribution in [2.45, 2.75) is 44.3 Å². The van der Waals surface area contributed by atoms with Crippen LogP contribution < -0.4 is 10.1 Å². The van der Waals surface area contributed by atoms with Crippen molar-refractivity contribution in [1.29, 1.82) is 0 Å². The number of nitrogens with one attached hydrogen (secondary N) is 1. The average molecular weight is 432 g/mol. The largest absolute Gasteiger partial charge is 0.473 e. The van der Waals surface area contributed by atoms with Crippen LogP contribution in [-0.4, -0.2) is 52.4 Å². The van der Waals surface area contributed by atoms with Gasteiger partial charge < -0.3 is 19.9 Å². The van der Waals surface area contributed by atoms with E-state index < -0.39 is 5.60 Å². The lowest BCUT2D eigenvalue weighted by molar-refractivity contribution is 0.0353. The van der Waals surface area contributed by atoms with Crippen LogP contribution in [0.25, 0.3) is 11.3 Å². The number of hydrogen-bond acceptors (Lipinski definition) is 6. The van der Waals surface area contributed by atoms with Crippen LogP contribution in [0.15, 0.2) is 30.5 Å². The molecule has 0 radical (unpaired) electrons. The summed E-state index contributed by atoms with van der Waals surface area (Å²) in [4.78, 5) is 21.5. The first-order valence-electron chi connectivity index (χ1n) is 10.3. The van der Waals surface area contributed by atoms with E-state index in [-0.39, 0.29) is 30.2 Å². The number of aliphatic hydroxyl groups is 1. The van der Waals surface area contributed by atoms with Gasteiger partial charge in [-0.05, 0) is 50.7 Å². The van der Waals surface area contributed by atoms with Crippen LogP contribution in [0.2, 0.25) is 5.02 Å². The molecule has 0 spiro atoms. The van der Waals surface area contributed by atoms with Crippen LogP contribution >= 0.6 is 11.6 Å². The van der Waals surface area contributed by atoms with Crippen molar-refractivity contribution < 1.29 is 19.4 Å². The van der Waals surface area contributed by atoms with Gasteiger partial charge in [0, 0.05) is 23.7 Å². The fourth-order valence-electron chi connectivity index (χ4n) is 3.54. The molecular weight excluding hydrogens is 406 g/mol. The molecule has 2 aliphatic rings. The predicted octanol–water partition coefficient (Wildman–Crippen LogP) is 3.25. The first-order valence-corrected chi connectivity index (χ1v) is 10.7. The van der Waals surface area contributed by atoms with Gasteiger partial charge in [-0.3, -0.25) is 4.79 Å². The Labute approximate surface area is 180 Å². The molecule has 8 heteroatoms. The Kier molecular flexibility index (Phi) is 6.22. The molecule has 2 heterocycles. The SMILES string of the molecule is C[C@](O)(CNC(=O)c1cnc(OC[C@H]2CCCO2)c(-c2ccc(Cl)cc2)n1)C1CC1. The number of carbonyl (C=O) groups excluding carboxylic acids is 1. The zero-order valence-electron chi connectivity index (χ0n) is 16.9. The van der Waals surface area contributed by atoms with Gasteiger partial charge in [-0.1, -0.05) is 23.7 Å². The van der Waals surface area contributed by atoms with Crippen molar-refractivity contribution in [2.24, 2.45) is 5.92 Å². The number of benzene rings is 1. The summed E-state index contributed by atoms with van der Waals surface area (Å²) in [7, 11) is 0. The fourth-order valence-corrected chi connectivity index (χ4v) is 3.66. The maximum atomic E-state index is 12.6. The van der Waals surface area contributed by atoms with Gasteiger partial charge in [0.2, 0.25) is 5.88 Å². The second-order valence-electron chi connectivity index (χ2n) is 8.18. The van der Waals surface area contributed by atoms with E-state index in [1.54, 1.807) is 19.1 Å². The second-order valence-corrected chi connectivity index (χ2v) is 8.61. The third-order valence-electron chi connectivity index (χ3n) is 5.58. The highest BCUT2D eigenvalue weighted by atomic mass is 35.5. The van der Waals surface area contributed by atoms with Crippen LogP contribution in [0.3, 0.4) is 0 Å². The van der Waals surface area contributed by atoms with Gasteiger partial charge in [0.1, 0.15) is 18.0 Å². The number of carbonyl (C=O) groups is 1. The van der Waals surface area contributed by atoms with Crippen molar-refractivity contribution >= 4 is 17.5 Å². The van der Waals surface area contributed by atoms with E-state index in [1.165, 1.54) is 6.20 Å². The van der Waals surface area contributed by atoms with Crippen molar-refractivity contribution in [2.75, 3.05) is 19.8 Å². The maximum Gasteiger partial charge on any atom is 0.271 e. The summed E-state index contributed by atoms with van der Waals surface area (Å²) in [5.41, 5.74) is 0.461. The quantitative estimate of drug-likeness (QED) is 0.666. The highest BCUT2D eigenvalue weighted by Crippen LogP contribution is 2.39. The van der Waals surface area contributed by atoms with E-state index in [2.05, 4.69) is 15.3 Å². The van der Waals surface area contributed by atoms with Gasteiger partial charge >= 0.3 is 0 Å². The van der Waals surface area contributed by atoms with E-state index in [4.69, 9.17) is 21.1 Å². The monoisotopic (exact) mass is 431 g/mol. The van der Waals surface area contributed by atoms with Crippen molar-refractivity contribution in [3.05, 3.63) is 41.2 Å². The van der Waals surface area contributed by atoms with E-state index >= 15 is 0 Å². The normalized spacial score (nSPS) is 20.6. The van der Waals surface area contributed by atoms with Crippen LogP contribution in [0.1, 0.15) is 43.1 Å². The summed E-state index contributed by atoms with van der Waals surface area (Å²) in [6.07, 6.45) is 5.38. The van der Waals surface area contributed by atoms with Crippen LogP contribution in [-0.2, 0) is 4.74 Å². The fraction of sp³-hybridized carbons (Fsp3) is 0.500. The minimum atomic E-state index is -0.910. The topological polar surface area (TPSA) is 93.6 Å². The van der Waals surface area contributed by atoms with E-state index in [0.717, 1.165) is 37.9 Å². The summed E-state index contributed by atoms with van der Waals surface area (Å²) in [5.74, 6) is 0.195. The Hall–Kier alpha value is -2.22. The smallest absolute Gasteiger partial charge is 0.271 e. The number of rotatable bonds is 8. The Morgan fingerprint density at radius 1 is 1.33 bits per heavy atom. The molecule has 1 saturated heterocycles. The van der Waals surface area contributed by atoms with E-state index in [0.29, 0.717) is 23.2 Å². The first-order chi connectivity index (χ1) is 14.4. The first kappa shape index (κ1) is 21.0. The van der Waals surface area contributed by atoms with Gasteiger partial charge in [-0.15, -0.1) is 0 Å². The minimum absolute atomic E-state index is 0.0394. The number of hydrogen-bond donors (Lipinski definition) is 2. The molecule has 1 saturated carbocycles. The highest BCUT2D eigenvalue weighted by molar-refractivity contribution is 6.30. The molecule has 160 valence electrons. The molecule has 7 nitrogen and oxygen atoms in total. The third kappa shape index (κ3) is 5.09.